The molecule has 0 saturated carbocycles. The third kappa shape index (κ3) is 17.7. The highest BCUT2D eigenvalue weighted by Crippen LogP contribution is 2.16. The van der Waals surface area contributed by atoms with Crippen molar-refractivity contribution in [3.05, 3.63) is 0 Å². The lowest BCUT2D eigenvalue weighted by Crippen LogP contribution is -2.48. The monoisotopic (exact) mass is 589 g/mol. The average molecular weight is 590 g/mol. The zero-order chi connectivity index (χ0) is 31.1. The number of thioether (sulfide) groups is 1. The first-order valence-corrected chi connectivity index (χ1v) is 14.3. The van der Waals surface area contributed by atoms with E-state index >= 15 is 0 Å². The Morgan fingerprint density at radius 3 is 1.90 bits per heavy atom. The first-order valence-electron chi connectivity index (χ1n) is 13.4. The normalized spacial score (nSPS) is 13.7. The largest absolute Gasteiger partial charge is 0.467 e. The standard InChI is InChI=1S/C27H47N3O9S/c1-10-21(32)40-17(2)22(33)30-19(24(35)38-26(3,4)5)14-15-20(31)29-18(23(34)37-9)13-11-12-16-28-25(36)39-27(6,7)8/h17-19H,10-16H2,1-9H3,(H,28,36)(H,29,31)(H,30,33)/t17?,18-,19+/m0/s1. The first kappa shape index (κ1) is 37.2. The van der Waals surface area contributed by atoms with Gasteiger partial charge in [0.25, 0.3) is 0 Å². The fourth-order valence-corrected chi connectivity index (χ4v) is 3.89. The van der Waals surface area contributed by atoms with Crippen LogP contribution < -0.4 is 16.0 Å². The Morgan fingerprint density at radius 1 is 0.800 bits per heavy atom. The molecule has 0 aromatic carbocycles. The van der Waals surface area contributed by atoms with E-state index in [1.165, 1.54) is 7.11 Å². The molecule has 0 aliphatic carbocycles. The number of unbranched alkanes of at least 4 members (excludes halogenated alkanes) is 1. The Balaban J connectivity index is 5.06. The highest BCUT2D eigenvalue weighted by atomic mass is 32.2. The van der Waals surface area contributed by atoms with E-state index in [2.05, 4.69) is 16.0 Å². The number of methoxy groups -OCH3 is 1. The van der Waals surface area contributed by atoms with Gasteiger partial charge in [-0.25, -0.2) is 14.4 Å². The van der Waals surface area contributed by atoms with Crippen molar-refractivity contribution in [2.75, 3.05) is 13.7 Å². The molecular weight excluding hydrogens is 542 g/mol. The van der Waals surface area contributed by atoms with Crippen molar-refractivity contribution in [3.8, 4) is 0 Å². The number of nitrogens with one attached hydrogen (secondary N) is 3. The van der Waals surface area contributed by atoms with Crippen molar-refractivity contribution in [1.29, 1.82) is 0 Å². The summed E-state index contributed by atoms with van der Waals surface area (Å²) in [4.78, 5) is 73.7. The minimum atomic E-state index is -1.13. The molecule has 0 aliphatic rings. The van der Waals surface area contributed by atoms with Gasteiger partial charge in [0, 0.05) is 19.4 Å². The molecule has 230 valence electrons. The van der Waals surface area contributed by atoms with Crippen LogP contribution in [0, 0.1) is 0 Å². The second kappa shape index (κ2) is 17.8. The number of alkyl carbamates (subject to hydrolysis) is 1. The summed E-state index contributed by atoms with van der Waals surface area (Å²) in [6, 6.07) is -2.06. The third-order valence-corrected chi connectivity index (χ3v) is 6.16. The number of rotatable bonds is 15. The van der Waals surface area contributed by atoms with Crippen LogP contribution in [0.3, 0.4) is 0 Å². The summed E-state index contributed by atoms with van der Waals surface area (Å²) >= 11 is 0.864. The smallest absolute Gasteiger partial charge is 0.407 e. The highest BCUT2D eigenvalue weighted by Gasteiger charge is 2.30. The van der Waals surface area contributed by atoms with E-state index in [1.807, 2.05) is 0 Å². The Hall–Kier alpha value is -2.83. The molecule has 0 bridgehead atoms. The van der Waals surface area contributed by atoms with Crippen molar-refractivity contribution in [2.45, 2.75) is 122 Å². The highest BCUT2D eigenvalue weighted by molar-refractivity contribution is 8.14. The van der Waals surface area contributed by atoms with Crippen LogP contribution in [0.15, 0.2) is 0 Å². The molecule has 0 aliphatic heterocycles. The average Bonchev–Trinajstić information content (AvgIpc) is 2.82. The van der Waals surface area contributed by atoms with Crippen LogP contribution in [-0.4, -0.2) is 77.2 Å². The molecule has 0 radical (unpaired) electrons. The predicted molar refractivity (Wildman–Crippen MR) is 151 cm³/mol. The Kier molecular flexibility index (Phi) is 16.5. The van der Waals surface area contributed by atoms with Crippen LogP contribution in [0.2, 0.25) is 0 Å². The van der Waals surface area contributed by atoms with Gasteiger partial charge in [0.05, 0.1) is 12.4 Å². The maximum atomic E-state index is 12.8. The van der Waals surface area contributed by atoms with E-state index in [-0.39, 0.29) is 30.8 Å². The summed E-state index contributed by atoms with van der Waals surface area (Å²) in [6.07, 6.45) is 0.749. The maximum absolute atomic E-state index is 12.8. The van der Waals surface area contributed by atoms with Crippen molar-refractivity contribution >= 4 is 46.7 Å². The van der Waals surface area contributed by atoms with E-state index in [1.54, 1.807) is 55.4 Å². The fraction of sp³-hybridized carbons (Fsp3) is 0.778. The summed E-state index contributed by atoms with van der Waals surface area (Å²) in [5.74, 6) is -2.39. The number of carbonyl (C=O) groups excluding carboxylic acids is 6. The lowest BCUT2D eigenvalue weighted by molar-refractivity contribution is -0.159. The van der Waals surface area contributed by atoms with E-state index in [0.717, 1.165) is 11.8 Å². The van der Waals surface area contributed by atoms with Crippen LogP contribution >= 0.6 is 11.8 Å². The second-order valence-corrected chi connectivity index (χ2v) is 12.6. The van der Waals surface area contributed by atoms with Gasteiger partial charge in [-0.15, -0.1) is 0 Å². The van der Waals surface area contributed by atoms with E-state index in [0.29, 0.717) is 19.4 Å². The molecule has 40 heavy (non-hydrogen) atoms. The van der Waals surface area contributed by atoms with Crippen LogP contribution in [0.25, 0.3) is 0 Å². The second-order valence-electron chi connectivity index (χ2n) is 11.2. The molecular formula is C27H47N3O9S. The van der Waals surface area contributed by atoms with Crippen LogP contribution in [0.4, 0.5) is 4.79 Å². The van der Waals surface area contributed by atoms with Gasteiger partial charge in [0.2, 0.25) is 11.8 Å². The molecule has 0 heterocycles. The molecule has 1 unspecified atom stereocenters. The molecule has 0 fully saturated rings. The molecule has 0 aromatic heterocycles. The van der Waals surface area contributed by atoms with Gasteiger partial charge in [-0.05, 0) is 74.1 Å². The number of hydrogen-bond acceptors (Lipinski definition) is 10. The molecule has 0 rings (SSSR count). The topological polar surface area (TPSA) is 166 Å². The summed E-state index contributed by atoms with van der Waals surface area (Å²) < 4.78 is 15.4. The molecule has 0 spiro atoms. The summed E-state index contributed by atoms with van der Waals surface area (Å²) in [7, 11) is 1.21. The lowest BCUT2D eigenvalue weighted by Gasteiger charge is -2.25. The number of hydrogen-bond donors (Lipinski definition) is 3. The van der Waals surface area contributed by atoms with Gasteiger partial charge in [-0.3, -0.25) is 14.4 Å². The number of ether oxygens (including phenoxy) is 3. The van der Waals surface area contributed by atoms with Crippen LogP contribution in [0.1, 0.15) is 93.9 Å². The van der Waals surface area contributed by atoms with E-state index in [9.17, 15) is 28.8 Å². The number of amides is 3. The minimum Gasteiger partial charge on any atom is -0.467 e. The molecule has 12 nitrogen and oxygen atoms in total. The summed E-state index contributed by atoms with van der Waals surface area (Å²) in [5.41, 5.74) is -1.43. The summed E-state index contributed by atoms with van der Waals surface area (Å²) in [5, 5.41) is 6.92. The van der Waals surface area contributed by atoms with E-state index in [4.69, 9.17) is 14.2 Å². The third-order valence-electron chi connectivity index (χ3n) is 5.04. The Bertz CT molecular complexity index is 881. The Labute approximate surface area is 241 Å². The van der Waals surface area contributed by atoms with Crippen LogP contribution in [-0.2, 0) is 38.2 Å². The summed E-state index contributed by atoms with van der Waals surface area (Å²) in [6.45, 7) is 13.9. The first-order chi connectivity index (χ1) is 18.4. The quantitative estimate of drug-likeness (QED) is 0.147. The van der Waals surface area contributed by atoms with Gasteiger partial charge in [-0.1, -0.05) is 18.7 Å². The maximum Gasteiger partial charge on any atom is 0.407 e. The Morgan fingerprint density at radius 2 is 1.38 bits per heavy atom. The van der Waals surface area contributed by atoms with Gasteiger partial charge in [0.1, 0.15) is 23.3 Å². The zero-order valence-corrected chi connectivity index (χ0v) is 26.1. The molecule has 3 amide bonds. The number of esters is 2. The van der Waals surface area contributed by atoms with Gasteiger partial charge in [-0.2, -0.15) is 0 Å². The molecule has 13 heteroatoms. The van der Waals surface area contributed by atoms with Gasteiger partial charge < -0.3 is 30.2 Å². The predicted octanol–water partition coefficient (Wildman–Crippen LogP) is 3.00. The van der Waals surface area contributed by atoms with E-state index < -0.39 is 58.4 Å². The molecule has 3 atom stereocenters. The van der Waals surface area contributed by atoms with Gasteiger partial charge in [0.15, 0.2) is 5.12 Å². The minimum absolute atomic E-state index is 0.0840. The molecule has 3 N–H and O–H groups in total. The van der Waals surface area contributed by atoms with Crippen molar-refractivity contribution in [2.24, 2.45) is 0 Å². The zero-order valence-electron chi connectivity index (χ0n) is 25.3. The molecule has 0 aromatic rings. The van der Waals surface area contributed by atoms with Crippen molar-refractivity contribution in [3.63, 3.8) is 0 Å². The fourth-order valence-electron chi connectivity index (χ4n) is 3.16. The van der Waals surface area contributed by atoms with Crippen molar-refractivity contribution in [1.82, 2.24) is 16.0 Å². The van der Waals surface area contributed by atoms with Crippen LogP contribution in [0.5, 0.6) is 0 Å². The SMILES string of the molecule is CCC(=O)SC(C)C(=O)N[C@H](CCC(=O)N[C@@H](CCCCNC(=O)OC(C)(C)C)C(=O)OC)C(=O)OC(C)(C)C. The van der Waals surface area contributed by atoms with Gasteiger partial charge >= 0.3 is 18.0 Å². The van der Waals surface area contributed by atoms with Crippen molar-refractivity contribution < 1.29 is 43.0 Å². The number of carbonyl (C=O) groups is 6. The molecule has 0 saturated heterocycles. The lowest BCUT2D eigenvalue weighted by atomic mass is 10.1.